The topological polar surface area (TPSA) is 64.7 Å². The van der Waals surface area contributed by atoms with Gasteiger partial charge in [0.15, 0.2) is 11.6 Å². The summed E-state index contributed by atoms with van der Waals surface area (Å²) in [6.45, 7) is 0. The third-order valence-corrected chi connectivity index (χ3v) is 15.0. The van der Waals surface area contributed by atoms with E-state index in [1.807, 2.05) is 24.3 Å². The summed E-state index contributed by atoms with van der Waals surface area (Å²) in [6, 6.07) is 89.5. The van der Waals surface area contributed by atoms with Crippen molar-refractivity contribution in [3.8, 4) is 101 Å². The molecule has 0 aliphatic rings. The summed E-state index contributed by atoms with van der Waals surface area (Å²) in [5.74, 6) is 1.31. The largest absolute Gasteiger partial charge is 0.438 e. The van der Waals surface area contributed by atoms with E-state index >= 15 is 0 Å². The van der Waals surface area contributed by atoms with E-state index in [0.29, 0.717) is 17.4 Å². The van der Waals surface area contributed by atoms with Crippen molar-refractivity contribution in [2.24, 2.45) is 0 Å². The van der Waals surface area contributed by atoms with Crippen molar-refractivity contribution in [2.45, 2.75) is 0 Å². The fourth-order valence-electron chi connectivity index (χ4n) is 10.3. The lowest BCUT2D eigenvalue weighted by Crippen LogP contribution is -1.94. The number of hydrogen-bond acceptors (Lipinski definition) is 6. The summed E-state index contributed by atoms with van der Waals surface area (Å²) >= 11 is 1.72. The number of rotatable bonds is 9. The van der Waals surface area contributed by atoms with E-state index in [-0.39, 0.29) is 0 Å². The van der Waals surface area contributed by atoms with Crippen molar-refractivity contribution in [1.82, 2.24) is 19.9 Å². The Morgan fingerprint density at radius 3 is 1.18 bits per heavy atom. The van der Waals surface area contributed by atoms with Crippen molar-refractivity contribution >= 4 is 53.7 Å². The van der Waals surface area contributed by atoms with Gasteiger partial charge in [-0.15, -0.1) is 11.3 Å². The van der Waals surface area contributed by atoms with Crippen LogP contribution in [0.1, 0.15) is 0 Å². The zero-order chi connectivity index (χ0) is 49.0. The van der Waals surface area contributed by atoms with Gasteiger partial charge in [-0.1, -0.05) is 218 Å². The van der Waals surface area contributed by atoms with Crippen molar-refractivity contribution < 1.29 is 4.42 Å². The molecule has 0 N–H and O–H groups in total. The Balaban J connectivity index is 0.789. The number of hydrogen-bond donors (Lipinski definition) is 0. The lowest BCUT2D eigenvalue weighted by molar-refractivity contribution is 0.653. The molecule has 0 bridgehead atoms. The van der Waals surface area contributed by atoms with Crippen molar-refractivity contribution in [2.75, 3.05) is 0 Å². The van der Waals surface area contributed by atoms with E-state index in [0.717, 1.165) is 99.2 Å². The van der Waals surface area contributed by atoms with Crippen LogP contribution in [-0.4, -0.2) is 19.9 Å². The molecule has 14 rings (SSSR count). The highest BCUT2D eigenvalue weighted by molar-refractivity contribution is 7.25. The standard InChI is InChI=1S/C68H42N4OS/c1-3-15-43(16-4-1)45-31-35-47(36-32-45)63-61-57-27-7-9-29-59(57)73-67(61)71-65(69-63)55-25-13-23-53(41-55)51-21-11-19-49(39-51)50-20-12-22-52(40-50)54-24-14-26-56(42-54)66-70-64(62-58-28-8-10-30-60(58)74-68(62)72-66)48-37-33-46(34-38-48)44-17-5-2-6-18-44/h1-42H. The number of furan rings is 1. The van der Waals surface area contributed by atoms with Crippen LogP contribution in [0.3, 0.4) is 0 Å². The van der Waals surface area contributed by atoms with Crippen LogP contribution in [0.15, 0.2) is 259 Å². The molecule has 74 heavy (non-hydrogen) atoms. The van der Waals surface area contributed by atoms with Crippen LogP contribution in [-0.2, 0) is 0 Å². The summed E-state index contributed by atoms with van der Waals surface area (Å²) in [7, 11) is 0. The van der Waals surface area contributed by atoms with Crippen LogP contribution in [0, 0.1) is 0 Å². The predicted octanol–water partition coefficient (Wildman–Crippen LogP) is 18.5. The van der Waals surface area contributed by atoms with Gasteiger partial charge in [0.25, 0.3) is 0 Å². The van der Waals surface area contributed by atoms with Crippen LogP contribution in [0.4, 0.5) is 0 Å². The molecule has 346 valence electrons. The normalized spacial score (nSPS) is 11.5. The Kier molecular flexibility index (Phi) is 10.6. The van der Waals surface area contributed by atoms with Crippen LogP contribution in [0.2, 0.25) is 0 Å². The molecular weight excluding hydrogens is 921 g/mol. The summed E-state index contributed by atoms with van der Waals surface area (Å²) in [5.41, 5.74) is 18.3. The summed E-state index contributed by atoms with van der Waals surface area (Å²) < 4.78 is 7.62. The SMILES string of the molecule is c1ccc(-c2ccc(-c3nc(-c4cccc(-c5cccc(-c6cccc(-c7cccc(-c8nc(-c9ccc(-c%10ccccc%10)cc9)c9c(n8)sc8ccccc89)c7)c6)c5)c4)nc4oc5ccccc5c34)cc2)cc1. The molecule has 0 atom stereocenters. The number of aromatic nitrogens is 4. The highest BCUT2D eigenvalue weighted by Crippen LogP contribution is 2.42. The van der Waals surface area contributed by atoms with Gasteiger partial charge in [0.1, 0.15) is 10.4 Å². The second-order valence-corrected chi connectivity index (χ2v) is 19.6. The van der Waals surface area contributed by atoms with Crippen molar-refractivity contribution in [3.63, 3.8) is 0 Å². The molecule has 0 aliphatic carbocycles. The summed E-state index contributed by atoms with van der Waals surface area (Å²) in [4.78, 5) is 22.0. The van der Waals surface area contributed by atoms with Crippen molar-refractivity contribution in [3.05, 3.63) is 255 Å². The van der Waals surface area contributed by atoms with Crippen LogP contribution < -0.4 is 0 Å². The number of nitrogens with zero attached hydrogens (tertiary/aromatic N) is 4. The maximum Gasteiger partial charge on any atom is 0.231 e. The molecule has 0 spiro atoms. The lowest BCUT2D eigenvalue weighted by atomic mass is 9.95. The fraction of sp³-hybridized carbons (Fsp3) is 0. The molecule has 0 radical (unpaired) electrons. The smallest absolute Gasteiger partial charge is 0.231 e. The summed E-state index contributed by atoms with van der Waals surface area (Å²) in [5, 5.41) is 4.17. The van der Waals surface area contributed by atoms with Gasteiger partial charge >= 0.3 is 0 Å². The second-order valence-electron chi connectivity index (χ2n) is 18.6. The van der Waals surface area contributed by atoms with Crippen LogP contribution in [0.5, 0.6) is 0 Å². The van der Waals surface area contributed by atoms with Gasteiger partial charge in [0, 0.05) is 43.1 Å². The van der Waals surface area contributed by atoms with Gasteiger partial charge < -0.3 is 4.42 Å². The van der Waals surface area contributed by atoms with E-state index in [1.165, 1.54) is 26.8 Å². The third-order valence-electron chi connectivity index (χ3n) is 14.0. The maximum atomic E-state index is 6.43. The number of thiophene rings is 1. The van der Waals surface area contributed by atoms with E-state index in [9.17, 15) is 0 Å². The molecule has 0 fully saturated rings. The summed E-state index contributed by atoms with van der Waals surface area (Å²) in [6.07, 6.45) is 0. The molecule has 6 heteroatoms. The van der Waals surface area contributed by atoms with E-state index in [2.05, 4.69) is 231 Å². The average molecular weight is 963 g/mol. The van der Waals surface area contributed by atoms with Gasteiger partial charge in [-0.25, -0.2) is 15.0 Å². The molecule has 14 aromatic rings. The molecule has 0 saturated heterocycles. The molecule has 10 aromatic carbocycles. The minimum absolute atomic E-state index is 0.565. The minimum atomic E-state index is 0.565. The number of benzene rings is 10. The average Bonchev–Trinajstić information content (AvgIpc) is 4.06. The molecule has 0 unspecified atom stereocenters. The Morgan fingerprint density at radius 2 is 0.649 bits per heavy atom. The molecule has 5 nitrogen and oxygen atoms in total. The first-order valence-electron chi connectivity index (χ1n) is 24.8. The minimum Gasteiger partial charge on any atom is -0.438 e. The van der Waals surface area contributed by atoms with Gasteiger partial charge in [-0.3, -0.25) is 0 Å². The van der Waals surface area contributed by atoms with Gasteiger partial charge in [-0.2, -0.15) is 4.98 Å². The van der Waals surface area contributed by atoms with E-state index in [1.54, 1.807) is 11.3 Å². The fourth-order valence-corrected chi connectivity index (χ4v) is 11.3. The molecule has 0 saturated carbocycles. The van der Waals surface area contributed by atoms with Gasteiger partial charge in [0.2, 0.25) is 5.71 Å². The first-order chi connectivity index (χ1) is 36.6. The maximum absolute atomic E-state index is 6.43. The van der Waals surface area contributed by atoms with Crippen molar-refractivity contribution in [1.29, 1.82) is 0 Å². The second kappa shape index (κ2) is 18.2. The third kappa shape index (κ3) is 7.91. The molecule has 0 amide bonds. The Hall–Kier alpha value is -9.62. The first-order valence-corrected chi connectivity index (χ1v) is 25.6. The zero-order valence-corrected chi connectivity index (χ0v) is 40.7. The van der Waals surface area contributed by atoms with Gasteiger partial charge in [-0.05, 0) is 92.0 Å². The predicted molar refractivity (Wildman–Crippen MR) is 307 cm³/mol. The zero-order valence-electron chi connectivity index (χ0n) is 39.9. The van der Waals surface area contributed by atoms with Crippen LogP contribution in [0.25, 0.3) is 143 Å². The molecule has 4 heterocycles. The molecule has 4 aromatic heterocycles. The van der Waals surface area contributed by atoms with E-state index < -0.39 is 0 Å². The monoisotopic (exact) mass is 962 g/mol. The Morgan fingerprint density at radius 1 is 0.270 bits per heavy atom. The van der Waals surface area contributed by atoms with Crippen LogP contribution >= 0.6 is 11.3 Å². The highest BCUT2D eigenvalue weighted by atomic mass is 32.1. The Bertz CT molecular complexity index is 4120. The number of para-hydroxylation sites is 1. The number of fused-ring (bicyclic) bond motifs is 6. The van der Waals surface area contributed by atoms with Gasteiger partial charge in [0.05, 0.1) is 16.8 Å². The highest BCUT2D eigenvalue weighted by Gasteiger charge is 2.20. The molecular formula is C68H42N4OS. The van der Waals surface area contributed by atoms with E-state index in [4.69, 9.17) is 24.4 Å². The quantitative estimate of drug-likeness (QED) is 0.144. The Labute approximate surface area is 431 Å². The lowest BCUT2D eigenvalue weighted by Gasteiger charge is -2.11. The first kappa shape index (κ1) is 43.2. The molecule has 0 aliphatic heterocycles.